The van der Waals surface area contributed by atoms with E-state index in [-0.39, 0.29) is 0 Å². The van der Waals surface area contributed by atoms with Crippen LogP contribution in [0.25, 0.3) is 0 Å². The van der Waals surface area contributed by atoms with Crippen LogP contribution in [-0.2, 0) is 4.74 Å². The zero-order valence-corrected chi connectivity index (χ0v) is 12.4. The molecule has 1 unspecified atom stereocenters. The highest BCUT2D eigenvalue weighted by atomic mass is 16.5. The molecule has 0 amide bonds. The first-order valence-corrected chi connectivity index (χ1v) is 8.22. The maximum Gasteiger partial charge on any atom is 0.0469 e. The molecule has 1 fully saturated rings. The summed E-state index contributed by atoms with van der Waals surface area (Å²) in [6, 6.07) is 0. The van der Waals surface area contributed by atoms with Gasteiger partial charge in [-0.25, -0.2) is 0 Å². The molecule has 1 aliphatic heterocycles. The van der Waals surface area contributed by atoms with E-state index in [0.717, 1.165) is 19.1 Å². The molecule has 0 saturated carbocycles. The number of unbranched alkanes of at least 4 members (excludes halogenated alkanes) is 7. The highest BCUT2D eigenvalue weighted by molar-refractivity contribution is 4.70. The van der Waals surface area contributed by atoms with E-state index in [2.05, 4.69) is 12.2 Å². The summed E-state index contributed by atoms with van der Waals surface area (Å²) in [7, 11) is 0. The van der Waals surface area contributed by atoms with Crippen molar-refractivity contribution in [1.82, 2.24) is 5.32 Å². The van der Waals surface area contributed by atoms with Crippen molar-refractivity contribution >= 4 is 0 Å². The molecule has 1 aliphatic rings. The van der Waals surface area contributed by atoms with E-state index in [4.69, 9.17) is 4.74 Å². The largest absolute Gasteiger partial charge is 0.381 e. The van der Waals surface area contributed by atoms with E-state index < -0.39 is 0 Å². The quantitative estimate of drug-likeness (QED) is 0.529. The van der Waals surface area contributed by atoms with Crippen LogP contribution in [0.4, 0.5) is 0 Å². The van der Waals surface area contributed by atoms with Gasteiger partial charge in [0.2, 0.25) is 0 Å². The fourth-order valence-electron chi connectivity index (χ4n) is 2.65. The second-order valence-corrected chi connectivity index (χ2v) is 5.73. The lowest BCUT2D eigenvalue weighted by Gasteiger charge is -2.08. The topological polar surface area (TPSA) is 21.3 Å². The fraction of sp³-hybridized carbons (Fsp3) is 1.00. The van der Waals surface area contributed by atoms with Gasteiger partial charge in [0.15, 0.2) is 0 Å². The van der Waals surface area contributed by atoms with Crippen LogP contribution in [0.3, 0.4) is 0 Å². The van der Waals surface area contributed by atoms with Crippen LogP contribution in [-0.4, -0.2) is 26.3 Å². The van der Waals surface area contributed by atoms with Crippen LogP contribution in [0.1, 0.15) is 71.1 Å². The standard InChI is InChI=1S/C16H33NO/c1-2-3-4-5-6-7-8-9-13-18-14-11-16-10-12-17-15-16/h16-17H,2-15H2,1H3. The van der Waals surface area contributed by atoms with Crippen LogP contribution >= 0.6 is 0 Å². The second-order valence-electron chi connectivity index (χ2n) is 5.73. The molecule has 0 spiro atoms. The number of hydrogen-bond acceptors (Lipinski definition) is 2. The normalized spacial score (nSPS) is 19.5. The molecule has 1 rings (SSSR count). The SMILES string of the molecule is CCCCCCCCCCOCCC1CCNC1. The highest BCUT2D eigenvalue weighted by Gasteiger charge is 2.13. The van der Waals surface area contributed by atoms with Gasteiger partial charge < -0.3 is 10.1 Å². The smallest absolute Gasteiger partial charge is 0.0469 e. The number of rotatable bonds is 12. The van der Waals surface area contributed by atoms with Crippen LogP contribution in [0, 0.1) is 5.92 Å². The summed E-state index contributed by atoms with van der Waals surface area (Å²) in [5.41, 5.74) is 0. The van der Waals surface area contributed by atoms with Gasteiger partial charge in [-0.15, -0.1) is 0 Å². The van der Waals surface area contributed by atoms with E-state index in [9.17, 15) is 0 Å². The highest BCUT2D eigenvalue weighted by Crippen LogP contribution is 2.12. The van der Waals surface area contributed by atoms with Crippen molar-refractivity contribution in [2.45, 2.75) is 71.1 Å². The van der Waals surface area contributed by atoms with Gasteiger partial charge in [-0.3, -0.25) is 0 Å². The first kappa shape index (κ1) is 16.0. The predicted octanol–water partition coefficient (Wildman–Crippen LogP) is 4.14. The van der Waals surface area contributed by atoms with Crippen LogP contribution in [0.5, 0.6) is 0 Å². The molecule has 18 heavy (non-hydrogen) atoms. The van der Waals surface area contributed by atoms with Crippen molar-refractivity contribution in [2.75, 3.05) is 26.3 Å². The van der Waals surface area contributed by atoms with Gasteiger partial charge in [0, 0.05) is 13.2 Å². The molecule has 0 aromatic heterocycles. The zero-order chi connectivity index (χ0) is 12.9. The average molecular weight is 255 g/mol. The van der Waals surface area contributed by atoms with Crippen LogP contribution in [0.2, 0.25) is 0 Å². The summed E-state index contributed by atoms with van der Waals surface area (Å²) >= 11 is 0. The van der Waals surface area contributed by atoms with Gasteiger partial charge in [0.1, 0.15) is 0 Å². The molecular weight excluding hydrogens is 222 g/mol. The van der Waals surface area contributed by atoms with Crippen molar-refractivity contribution in [1.29, 1.82) is 0 Å². The Kier molecular flexibility index (Phi) is 10.6. The molecule has 1 heterocycles. The lowest BCUT2D eigenvalue weighted by atomic mass is 10.1. The monoisotopic (exact) mass is 255 g/mol. The number of nitrogens with one attached hydrogen (secondary N) is 1. The average Bonchev–Trinajstić information content (AvgIpc) is 2.89. The Morgan fingerprint density at radius 2 is 1.67 bits per heavy atom. The molecule has 0 aromatic carbocycles. The molecule has 1 N–H and O–H groups in total. The van der Waals surface area contributed by atoms with E-state index in [0.29, 0.717) is 0 Å². The molecular formula is C16H33NO. The van der Waals surface area contributed by atoms with E-state index >= 15 is 0 Å². The molecule has 1 atom stereocenters. The Balaban J connectivity index is 1.68. The molecule has 2 heteroatoms. The van der Waals surface area contributed by atoms with Crippen LogP contribution < -0.4 is 5.32 Å². The molecule has 2 nitrogen and oxygen atoms in total. The summed E-state index contributed by atoms with van der Waals surface area (Å²) in [4.78, 5) is 0. The van der Waals surface area contributed by atoms with E-state index in [1.54, 1.807) is 0 Å². The Morgan fingerprint density at radius 3 is 2.33 bits per heavy atom. The third-order valence-corrected chi connectivity index (χ3v) is 3.98. The first-order valence-electron chi connectivity index (χ1n) is 8.22. The minimum Gasteiger partial charge on any atom is -0.381 e. The van der Waals surface area contributed by atoms with Crippen molar-refractivity contribution < 1.29 is 4.74 Å². The minimum absolute atomic E-state index is 0.878. The number of hydrogen-bond donors (Lipinski definition) is 1. The maximum atomic E-state index is 5.71. The summed E-state index contributed by atoms with van der Waals surface area (Å²) in [6.45, 7) is 6.65. The summed E-state index contributed by atoms with van der Waals surface area (Å²) in [5, 5.41) is 3.41. The molecule has 0 aromatic rings. The lowest BCUT2D eigenvalue weighted by Crippen LogP contribution is -2.11. The fourth-order valence-corrected chi connectivity index (χ4v) is 2.65. The molecule has 108 valence electrons. The number of ether oxygens (including phenoxy) is 1. The van der Waals surface area contributed by atoms with Gasteiger partial charge in [-0.05, 0) is 38.3 Å². The third-order valence-electron chi connectivity index (χ3n) is 3.98. The molecule has 0 aliphatic carbocycles. The third kappa shape index (κ3) is 8.93. The van der Waals surface area contributed by atoms with Crippen molar-refractivity contribution in [3.8, 4) is 0 Å². The summed E-state index contributed by atoms with van der Waals surface area (Å²) in [5.74, 6) is 0.878. The Hall–Kier alpha value is -0.0800. The van der Waals surface area contributed by atoms with E-state index in [1.165, 1.54) is 77.3 Å². The van der Waals surface area contributed by atoms with Gasteiger partial charge >= 0.3 is 0 Å². The van der Waals surface area contributed by atoms with Crippen LogP contribution in [0.15, 0.2) is 0 Å². The van der Waals surface area contributed by atoms with Crippen molar-refractivity contribution in [3.63, 3.8) is 0 Å². The minimum atomic E-state index is 0.878. The van der Waals surface area contributed by atoms with E-state index in [1.807, 2.05) is 0 Å². The lowest BCUT2D eigenvalue weighted by molar-refractivity contribution is 0.118. The zero-order valence-electron chi connectivity index (χ0n) is 12.4. The van der Waals surface area contributed by atoms with Crippen molar-refractivity contribution in [2.24, 2.45) is 5.92 Å². The molecule has 0 bridgehead atoms. The Morgan fingerprint density at radius 1 is 0.944 bits per heavy atom. The maximum absolute atomic E-state index is 5.71. The van der Waals surface area contributed by atoms with Gasteiger partial charge in [-0.1, -0.05) is 51.9 Å². The predicted molar refractivity (Wildman–Crippen MR) is 79.0 cm³/mol. The Bertz CT molecular complexity index is 166. The molecule has 1 saturated heterocycles. The van der Waals surface area contributed by atoms with Gasteiger partial charge in [-0.2, -0.15) is 0 Å². The summed E-state index contributed by atoms with van der Waals surface area (Å²) in [6.07, 6.45) is 13.7. The summed E-state index contributed by atoms with van der Waals surface area (Å²) < 4.78 is 5.71. The Labute approximate surface area is 114 Å². The van der Waals surface area contributed by atoms with Crippen molar-refractivity contribution in [3.05, 3.63) is 0 Å². The van der Waals surface area contributed by atoms with Gasteiger partial charge in [0.25, 0.3) is 0 Å². The second kappa shape index (κ2) is 12.0. The first-order chi connectivity index (χ1) is 8.93. The van der Waals surface area contributed by atoms with Gasteiger partial charge in [0.05, 0.1) is 0 Å². The molecule has 0 radical (unpaired) electrons.